The third-order valence-corrected chi connectivity index (χ3v) is 4.59. The molecule has 0 fully saturated rings. The molecule has 0 amide bonds. The van der Waals surface area contributed by atoms with Crippen LogP contribution in [0.5, 0.6) is 0 Å². The summed E-state index contributed by atoms with van der Waals surface area (Å²) in [5.74, 6) is -0.459. The van der Waals surface area contributed by atoms with E-state index in [1.165, 1.54) is 0 Å². The summed E-state index contributed by atoms with van der Waals surface area (Å²) in [6, 6.07) is 24.8. The number of rotatable bonds is 5. The van der Waals surface area contributed by atoms with Crippen LogP contribution in [0.15, 0.2) is 99.8 Å². The van der Waals surface area contributed by atoms with E-state index >= 15 is 0 Å². The van der Waals surface area contributed by atoms with Gasteiger partial charge in [-0.3, -0.25) is 0 Å². The zero-order valence-electron chi connectivity index (χ0n) is 16.7. The SMILES string of the molecule is CN(C)c1ccc(N=Nc2ccc(/C=C3\C(=O)ON=C3c3ccccc3)cc2)cc1. The first-order valence-electron chi connectivity index (χ1n) is 9.46. The molecule has 0 N–H and O–H groups in total. The smallest absolute Gasteiger partial charge is 0.368 e. The number of nitrogens with zero attached hydrogens (tertiary/aromatic N) is 4. The van der Waals surface area contributed by atoms with Crippen molar-refractivity contribution in [3.05, 3.63) is 95.6 Å². The van der Waals surface area contributed by atoms with E-state index in [2.05, 4.69) is 15.4 Å². The number of oxime groups is 1. The molecule has 6 nitrogen and oxygen atoms in total. The van der Waals surface area contributed by atoms with Crippen LogP contribution in [0.2, 0.25) is 0 Å². The molecule has 0 radical (unpaired) electrons. The van der Waals surface area contributed by atoms with Crippen molar-refractivity contribution in [3.63, 3.8) is 0 Å². The summed E-state index contributed by atoms with van der Waals surface area (Å²) in [6.45, 7) is 0. The Balaban J connectivity index is 1.50. The summed E-state index contributed by atoms with van der Waals surface area (Å²) >= 11 is 0. The highest BCUT2D eigenvalue weighted by atomic mass is 16.7. The molecule has 6 heteroatoms. The van der Waals surface area contributed by atoms with Crippen LogP contribution in [-0.4, -0.2) is 25.8 Å². The maximum atomic E-state index is 12.1. The standard InChI is InChI=1S/C24H20N4O2/c1-28(2)21-14-12-20(13-15-21)26-25-19-10-8-17(9-11-19)16-22-23(27-30-24(22)29)18-6-4-3-5-7-18/h3-16H,1-2H3/b22-16-,26-25?. The van der Waals surface area contributed by atoms with E-state index in [1.54, 1.807) is 6.08 Å². The van der Waals surface area contributed by atoms with Gasteiger partial charge in [-0.1, -0.05) is 47.6 Å². The molecule has 0 aliphatic carbocycles. The van der Waals surface area contributed by atoms with Crippen LogP contribution in [0, 0.1) is 0 Å². The molecular formula is C24H20N4O2. The molecule has 1 heterocycles. The fourth-order valence-corrected chi connectivity index (χ4v) is 2.95. The van der Waals surface area contributed by atoms with Gasteiger partial charge in [0.15, 0.2) is 0 Å². The minimum absolute atomic E-state index is 0.427. The van der Waals surface area contributed by atoms with Crippen LogP contribution in [0.3, 0.4) is 0 Å². The van der Waals surface area contributed by atoms with Gasteiger partial charge in [0.2, 0.25) is 0 Å². The minimum atomic E-state index is -0.459. The number of hydrogen-bond donors (Lipinski definition) is 0. The van der Waals surface area contributed by atoms with Gasteiger partial charge in [0.25, 0.3) is 0 Å². The molecule has 30 heavy (non-hydrogen) atoms. The Hall–Kier alpha value is -4.06. The zero-order chi connectivity index (χ0) is 20.9. The van der Waals surface area contributed by atoms with Gasteiger partial charge in [-0.15, -0.1) is 0 Å². The van der Waals surface area contributed by atoms with Crippen LogP contribution < -0.4 is 4.90 Å². The molecule has 0 spiro atoms. The monoisotopic (exact) mass is 396 g/mol. The quantitative estimate of drug-likeness (QED) is 0.324. The molecule has 0 saturated heterocycles. The van der Waals surface area contributed by atoms with Gasteiger partial charge in [0.05, 0.1) is 16.9 Å². The number of azo groups is 1. The van der Waals surface area contributed by atoms with Crippen molar-refractivity contribution in [2.75, 3.05) is 19.0 Å². The van der Waals surface area contributed by atoms with E-state index in [0.717, 1.165) is 28.2 Å². The van der Waals surface area contributed by atoms with E-state index in [4.69, 9.17) is 4.84 Å². The predicted molar refractivity (Wildman–Crippen MR) is 118 cm³/mol. The largest absolute Gasteiger partial charge is 0.378 e. The summed E-state index contributed by atoms with van der Waals surface area (Å²) in [5, 5.41) is 12.5. The number of carbonyl (C=O) groups is 1. The van der Waals surface area contributed by atoms with E-state index in [0.29, 0.717) is 11.3 Å². The van der Waals surface area contributed by atoms with Gasteiger partial charge >= 0.3 is 5.97 Å². The van der Waals surface area contributed by atoms with Crippen LogP contribution in [0.4, 0.5) is 17.1 Å². The number of carbonyl (C=O) groups excluding carboxylic acids is 1. The Morgan fingerprint density at radius 2 is 1.43 bits per heavy atom. The minimum Gasteiger partial charge on any atom is -0.378 e. The summed E-state index contributed by atoms with van der Waals surface area (Å²) in [5.41, 5.74) is 5.25. The molecule has 0 saturated carbocycles. The fourth-order valence-electron chi connectivity index (χ4n) is 2.95. The lowest BCUT2D eigenvalue weighted by Gasteiger charge is -2.11. The van der Waals surface area contributed by atoms with Gasteiger partial charge in [-0.05, 0) is 48.0 Å². The first-order chi connectivity index (χ1) is 14.6. The second kappa shape index (κ2) is 8.53. The van der Waals surface area contributed by atoms with Crippen LogP contribution >= 0.6 is 0 Å². The van der Waals surface area contributed by atoms with E-state index in [1.807, 2.05) is 97.9 Å². The lowest BCUT2D eigenvalue weighted by molar-refractivity contribution is -0.136. The highest BCUT2D eigenvalue weighted by Crippen LogP contribution is 2.24. The highest BCUT2D eigenvalue weighted by Gasteiger charge is 2.26. The molecule has 1 aliphatic rings. The average molecular weight is 396 g/mol. The predicted octanol–water partition coefficient (Wildman–Crippen LogP) is 5.51. The van der Waals surface area contributed by atoms with Crippen molar-refractivity contribution < 1.29 is 9.63 Å². The van der Waals surface area contributed by atoms with Gasteiger partial charge in [0, 0.05) is 25.3 Å². The number of benzene rings is 3. The Morgan fingerprint density at radius 1 is 0.833 bits per heavy atom. The molecular weight excluding hydrogens is 376 g/mol. The molecule has 3 aromatic rings. The van der Waals surface area contributed by atoms with Crippen molar-refractivity contribution >= 4 is 34.8 Å². The number of hydrogen-bond acceptors (Lipinski definition) is 6. The molecule has 3 aromatic carbocycles. The Labute approximate surface area is 174 Å². The van der Waals surface area contributed by atoms with Crippen LogP contribution in [0.25, 0.3) is 6.08 Å². The maximum Gasteiger partial charge on any atom is 0.368 e. The molecule has 4 rings (SSSR count). The van der Waals surface area contributed by atoms with Gasteiger partial charge in [-0.2, -0.15) is 10.2 Å². The van der Waals surface area contributed by atoms with Crippen molar-refractivity contribution in [3.8, 4) is 0 Å². The van der Waals surface area contributed by atoms with Crippen LogP contribution in [-0.2, 0) is 9.63 Å². The first kappa shape index (κ1) is 19.3. The van der Waals surface area contributed by atoms with Gasteiger partial charge < -0.3 is 9.74 Å². The Bertz CT molecular complexity index is 1130. The van der Waals surface area contributed by atoms with Crippen LogP contribution in [0.1, 0.15) is 11.1 Å². The first-order valence-corrected chi connectivity index (χ1v) is 9.46. The summed E-state index contributed by atoms with van der Waals surface area (Å²) < 4.78 is 0. The van der Waals surface area contributed by atoms with Crippen molar-refractivity contribution in [1.82, 2.24) is 0 Å². The second-order valence-electron chi connectivity index (χ2n) is 6.95. The molecule has 148 valence electrons. The Morgan fingerprint density at radius 3 is 2.03 bits per heavy atom. The molecule has 0 unspecified atom stereocenters. The van der Waals surface area contributed by atoms with Crippen molar-refractivity contribution in [2.24, 2.45) is 15.4 Å². The lowest BCUT2D eigenvalue weighted by atomic mass is 10.0. The maximum absolute atomic E-state index is 12.1. The van der Waals surface area contributed by atoms with E-state index < -0.39 is 5.97 Å². The molecule has 0 atom stereocenters. The fraction of sp³-hybridized carbons (Fsp3) is 0.0833. The molecule has 1 aliphatic heterocycles. The van der Waals surface area contributed by atoms with E-state index in [9.17, 15) is 4.79 Å². The highest BCUT2D eigenvalue weighted by molar-refractivity contribution is 6.31. The summed E-state index contributed by atoms with van der Waals surface area (Å²) in [6.07, 6.45) is 1.77. The van der Waals surface area contributed by atoms with Crippen molar-refractivity contribution in [1.29, 1.82) is 0 Å². The molecule has 0 aromatic heterocycles. The molecule has 0 bridgehead atoms. The number of anilines is 1. The average Bonchev–Trinajstić information content (AvgIpc) is 3.14. The second-order valence-corrected chi connectivity index (χ2v) is 6.95. The van der Waals surface area contributed by atoms with Gasteiger partial charge in [-0.25, -0.2) is 4.79 Å². The summed E-state index contributed by atoms with van der Waals surface area (Å²) in [4.78, 5) is 19.0. The lowest BCUT2D eigenvalue weighted by Crippen LogP contribution is -2.07. The zero-order valence-corrected chi connectivity index (χ0v) is 16.7. The normalized spacial score (nSPS) is 14.8. The summed E-state index contributed by atoms with van der Waals surface area (Å²) in [7, 11) is 3.99. The third-order valence-electron chi connectivity index (χ3n) is 4.59. The van der Waals surface area contributed by atoms with E-state index in [-0.39, 0.29) is 0 Å². The van der Waals surface area contributed by atoms with Crippen molar-refractivity contribution in [2.45, 2.75) is 0 Å². The Kier molecular flexibility index (Phi) is 5.48. The van der Waals surface area contributed by atoms with Gasteiger partial charge in [0.1, 0.15) is 5.71 Å². The third kappa shape index (κ3) is 4.33. The topological polar surface area (TPSA) is 66.6 Å².